The zero-order chi connectivity index (χ0) is 20.1. The number of carbonyl (C=O) groups excluding carboxylic acids is 2. The quantitative estimate of drug-likeness (QED) is 0.791. The Labute approximate surface area is 166 Å². The lowest BCUT2D eigenvalue weighted by Gasteiger charge is -2.25. The monoisotopic (exact) mass is 384 g/mol. The highest BCUT2D eigenvalue weighted by Gasteiger charge is 2.27. The number of hydrogen-bond donors (Lipinski definition) is 0. The zero-order valence-corrected chi connectivity index (χ0v) is 16.8. The van der Waals surface area contributed by atoms with Gasteiger partial charge in [0.05, 0.1) is 6.26 Å². The number of amides is 2. The van der Waals surface area contributed by atoms with Crippen molar-refractivity contribution < 1.29 is 18.7 Å². The Balaban J connectivity index is 1.55. The normalized spacial score (nSPS) is 16.0. The molecule has 0 radical (unpaired) electrons. The van der Waals surface area contributed by atoms with Gasteiger partial charge in [-0.25, -0.2) is 0 Å². The van der Waals surface area contributed by atoms with Gasteiger partial charge < -0.3 is 19.0 Å². The number of rotatable bonds is 5. The Hall–Kier alpha value is -2.76. The molecule has 0 saturated carbocycles. The summed E-state index contributed by atoms with van der Waals surface area (Å²) in [4.78, 5) is 28.8. The predicted molar refractivity (Wildman–Crippen MR) is 106 cm³/mol. The molecule has 1 unspecified atom stereocenters. The highest BCUT2D eigenvalue weighted by atomic mass is 16.5. The van der Waals surface area contributed by atoms with Crippen LogP contribution < -0.4 is 4.74 Å². The number of furan rings is 1. The predicted octanol–water partition coefficient (Wildman–Crippen LogP) is 3.55. The zero-order valence-electron chi connectivity index (χ0n) is 16.8. The number of benzene rings is 1. The first-order valence-corrected chi connectivity index (χ1v) is 9.84. The van der Waals surface area contributed by atoms with Crippen LogP contribution in [-0.2, 0) is 4.79 Å². The molecule has 1 aromatic heterocycles. The van der Waals surface area contributed by atoms with Crippen molar-refractivity contribution in [2.45, 2.75) is 39.2 Å². The van der Waals surface area contributed by atoms with Crippen molar-refractivity contribution in [3.8, 4) is 5.75 Å². The summed E-state index contributed by atoms with van der Waals surface area (Å²) < 4.78 is 11.1. The highest BCUT2D eigenvalue weighted by Crippen LogP contribution is 2.20. The minimum atomic E-state index is -0.572. The van der Waals surface area contributed by atoms with E-state index in [1.807, 2.05) is 24.3 Å². The van der Waals surface area contributed by atoms with E-state index in [0.717, 1.165) is 6.42 Å². The van der Waals surface area contributed by atoms with Gasteiger partial charge in [-0.15, -0.1) is 0 Å². The molecule has 0 N–H and O–H groups in total. The van der Waals surface area contributed by atoms with Crippen molar-refractivity contribution in [2.24, 2.45) is 0 Å². The maximum absolute atomic E-state index is 12.8. The van der Waals surface area contributed by atoms with Crippen molar-refractivity contribution in [3.63, 3.8) is 0 Å². The molecule has 28 heavy (non-hydrogen) atoms. The van der Waals surface area contributed by atoms with Crippen molar-refractivity contribution in [3.05, 3.63) is 54.0 Å². The first-order chi connectivity index (χ1) is 13.5. The molecule has 0 bridgehead atoms. The van der Waals surface area contributed by atoms with E-state index in [-0.39, 0.29) is 11.8 Å². The van der Waals surface area contributed by atoms with E-state index in [2.05, 4.69) is 13.8 Å². The second-order valence-electron chi connectivity index (χ2n) is 7.43. The maximum atomic E-state index is 12.8. The van der Waals surface area contributed by atoms with Crippen LogP contribution in [0.5, 0.6) is 5.75 Å². The van der Waals surface area contributed by atoms with Crippen LogP contribution >= 0.6 is 0 Å². The van der Waals surface area contributed by atoms with Crippen LogP contribution in [0.2, 0.25) is 0 Å². The van der Waals surface area contributed by atoms with Crippen LogP contribution in [0, 0.1) is 0 Å². The Bertz CT molecular complexity index is 783. The topological polar surface area (TPSA) is 63.0 Å². The molecule has 6 nitrogen and oxygen atoms in total. The van der Waals surface area contributed by atoms with Gasteiger partial charge in [0.15, 0.2) is 11.9 Å². The number of nitrogens with zero attached hydrogens (tertiary/aromatic N) is 2. The van der Waals surface area contributed by atoms with Crippen LogP contribution in [0.1, 0.15) is 49.2 Å². The van der Waals surface area contributed by atoms with Crippen LogP contribution in [0.4, 0.5) is 0 Å². The fourth-order valence-electron chi connectivity index (χ4n) is 3.34. The van der Waals surface area contributed by atoms with Gasteiger partial charge in [-0.3, -0.25) is 9.59 Å². The molecule has 1 aliphatic heterocycles. The van der Waals surface area contributed by atoms with Gasteiger partial charge >= 0.3 is 0 Å². The van der Waals surface area contributed by atoms with Crippen molar-refractivity contribution in [2.75, 3.05) is 26.2 Å². The van der Waals surface area contributed by atoms with Crippen LogP contribution in [0.15, 0.2) is 47.1 Å². The molecular formula is C22H28N2O4. The molecule has 2 amide bonds. The summed E-state index contributed by atoms with van der Waals surface area (Å²) in [7, 11) is 0. The van der Waals surface area contributed by atoms with Gasteiger partial charge in [-0.05, 0) is 49.1 Å². The van der Waals surface area contributed by atoms with Crippen molar-refractivity contribution in [1.82, 2.24) is 9.80 Å². The average Bonchev–Trinajstić information content (AvgIpc) is 3.12. The molecule has 3 rings (SSSR count). The summed E-state index contributed by atoms with van der Waals surface area (Å²) >= 11 is 0. The van der Waals surface area contributed by atoms with E-state index in [0.29, 0.717) is 43.6 Å². The third kappa shape index (κ3) is 4.74. The largest absolute Gasteiger partial charge is 0.481 e. The Morgan fingerprint density at radius 3 is 2.29 bits per heavy atom. The van der Waals surface area contributed by atoms with Gasteiger partial charge in [0.1, 0.15) is 5.75 Å². The molecule has 1 aliphatic rings. The van der Waals surface area contributed by atoms with Crippen molar-refractivity contribution in [1.29, 1.82) is 0 Å². The summed E-state index contributed by atoms with van der Waals surface area (Å²) in [5.74, 6) is 1.29. The Kier molecular flexibility index (Phi) is 6.39. The van der Waals surface area contributed by atoms with E-state index in [4.69, 9.17) is 9.15 Å². The Morgan fingerprint density at radius 2 is 1.64 bits per heavy atom. The second-order valence-corrected chi connectivity index (χ2v) is 7.43. The van der Waals surface area contributed by atoms with Gasteiger partial charge in [-0.2, -0.15) is 0 Å². The van der Waals surface area contributed by atoms with Crippen LogP contribution in [0.3, 0.4) is 0 Å². The minimum absolute atomic E-state index is 0.0553. The lowest BCUT2D eigenvalue weighted by Crippen LogP contribution is -2.43. The molecule has 2 heterocycles. The summed E-state index contributed by atoms with van der Waals surface area (Å²) in [6, 6.07) is 11.2. The number of ether oxygens (including phenoxy) is 1. The molecule has 150 valence electrons. The fourth-order valence-corrected chi connectivity index (χ4v) is 3.34. The second kappa shape index (κ2) is 8.95. The Morgan fingerprint density at radius 1 is 0.964 bits per heavy atom. The molecule has 6 heteroatoms. The standard InChI is InChI=1S/C22H28N2O4/c1-16(2)18-7-9-19(10-8-18)28-17(3)21(25)23-11-5-12-24(14-13-23)22(26)20-6-4-15-27-20/h4,6-10,15-17H,5,11-14H2,1-3H3. The summed E-state index contributed by atoms with van der Waals surface area (Å²) in [6.07, 6.45) is 1.65. The van der Waals surface area contributed by atoms with E-state index in [1.165, 1.54) is 11.8 Å². The van der Waals surface area contributed by atoms with Gasteiger partial charge in [0.2, 0.25) is 0 Å². The number of hydrogen-bond acceptors (Lipinski definition) is 4. The molecule has 1 saturated heterocycles. The van der Waals surface area contributed by atoms with E-state index < -0.39 is 6.10 Å². The molecule has 0 spiro atoms. The van der Waals surface area contributed by atoms with Gasteiger partial charge in [0.25, 0.3) is 11.8 Å². The lowest BCUT2D eigenvalue weighted by molar-refractivity contribution is -0.137. The van der Waals surface area contributed by atoms with Crippen LogP contribution in [0.25, 0.3) is 0 Å². The maximum Gasteiger partial charge on any atom is 0.289 e. The molecule has 0 aliphatic carbocycles. The summed E-state index contributed by atoms with van der Waals surface area (Å²) in [6.45, 7) is 8.25. The smallest absolute Gasteiger partial charge is 0.289 e. The third-order valence-corrected chi connectivity index (χ3v) is 5.03. The first kappa shape index (κ1) is 20.0. The van der Waals surface area contributed by atoms with E-state index >= 15 is 0 Å². The average molecular weight is 384 g/mol. The van der Waals surface area contributed by atoms with Gasteiger partial charge in [-0.1, -0.05) is 26.0 Å². The van der Waals surface area contributed by atoms with Crippen molar-refractivity contribution >= 4 is 11.8 Å². The lowest BCUT2D eigenvalue weighted by atomic mass is 10.0. The van der Waals surface area contributed by atoms with E-state index in [1.54, 1.807) is 28.9 Å². The third-order valence-electron chi connectivity index (χ3n) is 5.03. The first-order valence-electron chi connectivity index (χ1n) is 9.84. The molecule has 1 atom stereocenters. The number of carbonyl (C=O) groups is 2. The van der Waals surface area contributed by atoms with Crippen LogP contribution in [-0.4, -0.2) is 53.9 Å². The van der Waals surface area contributed by atoms with Gasteiger partial charge in [0, 0.05) is 26.2 Å². The summed E-state index contributed by atoms with van der Waals surface area (Å²) in [5, 5.41) is 0. The SMILES string of the molecule is CC(Oc1ccc(C(C)C)cc1)C(=O)N1CCCN(C(=O)c2ccco2)CC1. The molecular weight excluding hydrogens is 356 g/mol. The molecule has 2 aromatic rings. The molecule has 1 aromatic carbocycles. The fraction of sp³-hybridized carbons (Fsp3) is 0.455. The summed E-state index contributed by atoms with van der Waals surface area (Å²) in [5.41, 5.74) is 1.24. The highest BCUT2D eigenvalue weighted by molar-refractivity contribution is 5.91. The minimum Gasteiger partial charge on any atom is -0.481 e. The molecule has 1 fully saturated rings. The van der Waals surface area contributed by atoms with E-state index in [9.17, 15) is 9.59 Å².